The molecule has 1 heterocycles. The number of hydrogen-bond donors (Lipinski definition) is 0. The number of halogens is 1. The number of pyridine rings is 1. The molecule has 0 radical (unpaired) electrons. The van der Waals surface area contributed by atoms with Gasteiger partial charge in [0.2, 0.25) is 11.4 Å². The minimum Gasteiger partial charge on any atom is -1.00 e. The summed E-state index contributed by atoms with van der Waals surface area (Å²) in [5.41, 5.74) is 7.40. The van der Waals surface area contributed by atoms with Gasteiger partial charge in [-0.15, -0.1) is 0 Å². The highest BCUT2D eigenvalue weighted by Crippen LogP contribution is 2.18. The second-order valence-electron chi connectivity index (χ2n) is 8.31. The maximum atomic E-state index is 2.37. The summed E-state index contributed by atoms with van der Waals surface area (Å²) >= 11 is 0. The Kier molecular flexibility index (Phi) is 11.6. The predicted molar refractivity (Wildman–Crippen MR) is 150 cm³/mol. The zero-order valence-electron chi connectivity index (χ0n) is 21.9. The van der Waals surface area contributed by atoms with Crippen molar-refractivity contribution in [3.05, 3.63) is 89.2 Å². The van der Waals surface area contributed by atoms with Crippen molar-refractivity contribution in [2.45, 2.75) is 41.2 Å². The number of benzene rings is 2. The van der Waals surface area contributed by atoms with Crippen molar-refractivity contribution >= 4 is 35.7 Å². The molecule has 3 aromatic rings. The third-order valence-electron chi connectivity index (χ3n) is 6.41. The van der Waals surface area contributed by atoms with Crippen LogP contribution in [0.2, 0.25) is 0 Å². The zero-order valence-corrected chi connectivity index (χ0v) is 22.7. The van der Waals surface area contributed by atoms with E-state index in [1.807, 2.05) is 0 Å². The first-order valence-electron chi connectivity index (χ1n) is 12.7. The fourth-order valence-electron chi connectivity index (χ4n) is 4.36. The van der Waals surface area contributed by atoms with Crippen molar-refractivity contribution < 1.29 is 17.0 Å². The Hall–Kier alpha value is -3.04. The van der Waals surface area contributed by atoms with Crippen LogP contribution in [-0.2, 0) is 6.54 Å². The fourth-order valence-corrected chi connectivity index (χ4v) is 4.36. The van der Waals surface area contributed by atoms with Gasteiger partial charge < -0.3 is 22.2 Å². The normalized spacial score (nSPS) is 11.1. The Labute approximate surface area is 218 Å². The Morgan fingerprint density at radius 2 is 0.914 bits per heavy atom. The van der Waals surface area contributed by atoms with E-state index in [2.05, 4.69) is 140 Å². The van der Waals surface area contributed by atoms with Crippen LogP contribution >= 0.6 is 0 Å². The minimum atomic E-state index is 0. The second-order valence-corrected chi connectivity index (χ2v) is 8.31. The van der Waals surface area contributed by atoms with Crippen LogP contribution in [0.15, 0.2) is 66.7 Å². The van der Waals surface area contributed by atoms with Crippen LogP contribution in [0.5, 0.6) is 0 Å². The zero-order chi connectivity index (χ0) is 24.3. The van der Waals surface area contributed by atoms with Crippen molar-refractivity contribution in [1.82, 2.24) is 0 Å². The van der Waals surface area contributed by atoms with Crippen LogP contribution in [0.3, 0.4) is 0 Å². The lowest BCUT2D eigenvalue weighted by Crippen LogP contribution is -3.00. The van der Waals surface area contributed by atoms with Crippen molar-refractivity contribution in [2.24, 2.45) is 0 Å². The molecule has 4 heteroatoms. The summed E-state index contributed by atoms with van der Waals surface area (Å²) in [5, 5.41) is 0. The summed E-state index contributed by atoms with van der Waals surface area (Å²) in [6.45, 7) is 16.0. The van der Waals surface area contributed by atoms with Crippen LogP contribution in [0.4, 0.5) is 11.4 Å². The van der Waals surface area contributed by atoms with Crippen LogP contribution in [0, 0.1) is 0 Å². The first kappa shape index (κ1) is 28.2. The summed E-state index contributed by atoms with van der Waals surface area (Å²) in [4.78, 5) is 4.73. The van der Waals surface area contributed by atoms with Gasteiger partial charge in [-0.25, -0.2) is 0 Å². The quantitative estimate of drug-likeness (QED) is 0.376. The van der Waals surface area contributed by atoms with Gasteiger partial charge in [0.15, 0.2) is 0 Å². The van der Waals surface area contributed by atoms with Gasteiger partial charge in [-0.05, 0) is 88.2 Å². The topological polar surface area (TPSA) is 10.4 Å². The molecule has 0 amide bonds. The standard InChI is InChI=1S/C31H40N3.ClH/c1-6-32(7-2)28-20-14-26(15-21-28)18-24-30-12-11-13-31(34(30)10-5)25-19-27-16-22-29(23-17-27)33(8-3)9-4;/h11-25H,6-10H2,1-5H3;1H/q+1;/p-1. The summed E-state index contributed by atoms with van der Waals surface area (Å²) in [5.74, 6) is 0. The molecule has 0 aliphatic carbocycles. The van der Waals surface area contributed by atoms with Crippen molar-refractivity contribution in [3.8, 4) is 0 Å². The largest absolute Gasteiger partial charge is 1.00 e. The van der Waals surface area contributed by atoms with Gasteiger partial charge in [-0.3, -0.25) is 0 Å². The van der Waals surface area contributed by atoms with Gasteiger partial charge in [-0.2, -0.15) is 4.57 Å². The molecule has 3 rings (SSSR count). The van der Waals surface area contributed by atoms with Gasteiger partial charge >= 0.3 is 0 Å². The molecule has 0 fully saturated rings. The third-order valence-corrected chi connectivity index (χ3v) is 6.41. The Bertz CT molecular complexity index is 993. The van der Waals surface area contributed by atoms with E-state index in [9.17, 15) is 0 Å². The van der Waals surface area contributed by atoms with Gasteiger partial charge in [-0.1, -0.05) is 24.3 Å². The molecule has 0 aliphatic heterocycles. The molecule has 0 spiro atoms. The lowest BCUT2D eigenvalue weighted by atomic mass is 10.1. The summed E-state index contributed by atoms with van der Waals surface area (Å²) < 4.78 is 2.35. The Balaban J connectivity index is 0.00000432. The van der Waals surface area contributed by atoms with E-state index >= 15 is 0 Å². The number of aromatic nitrogens is 1. The fraction of sp³-hybridized carbons (Fsp3) is 0.323. The molecule has 1 aromatic heterocycles. The van der Waals surface area contributed by atoms with Crippen LogP contribution in [0.25, 0.3) is 24.3 Å². The van der Waals surface area contributed by atoms with E-state index in [0.717, 1.165) is 32.7 Å². The molecule has 0 bridgehead atoms. The minimum absolute atomic E-state index is 0. The predicted octanol–water partition coefficient (Wildman–Crippen LogP) is 4.03. The maximum Gasteiger partial charge on any atom is 0.205 e. The smallest absolute Gasteiger partial charge is 0.205 e. The molecule has 35 heavy (non-hydrogen) atoms. The highest BCUT2D eigenvalue weighted by Gasteiger charge is 2.10. The van der Waals surface area contributed by atoms with Crippen molar-refractivity contribution in [3.63, 3.8) is 0 Å². The molecule has 186 valence electrons. The number of nitrogens with zero attached hydrogens (tertiary/aromatic N) is 3. The van der Waals surface area contributed by atoms with E-state index < -0.39 is 0 Å². The van der Waals surface area contributed by atoms with Crippen molar-refractivity contribution in [2.75, 3.05) is 36.0 Å². The lowest BCUT2D eigenvalue weighted by Gasteiger charge is -2.20. The van der Waals surface area contributed by atoms with Gasteiger partial charge in [0, 0.05) is 61.8 Å². The maximum absolute atomic E-state index is 2.37. The number of hydrogen-bond acceptors (Lipinski definition) is 2. The highest BCUT2D eigenvalue weighted by molar-refractivity contribution is 5.70. The van der Waals surface area contributed by atoms with Crippen LogP contribution < -0.4 is 26.8 Å². The first-order chi connectivity index (χ1) is 16.6. The molecular weight excluding hydrogens is 450 g/mol. The van der Waals surface area contributed by atoms with Gasteiger partial charge in [0.1, 0.15) is 6.54 Å². The summed E-state index contributed by atoms with van der Waals surface area (Å²) in [7, 11) is 0. The van der Waals surface area contributed by atoms with E-state index in [0.29, 0.717) is 0 Å². The molecular formula is C31H40ClN3. The highest BCUT2D eigenvalue weighted by atomic mass is 35.5. The molecule has 0 saturated heterocycles. The summed E-state index contributed by atoms with van der Waals surface area (Å²) in [6, 6.07) is 24.2. The molecule has 0 saturated carbocycles. The van der Waals surface area contributed by atoms with E-state index in [1.54, 1.807) is 0 Å². The molecule has 2 aromatic carbocycles. The molecule has 0 unspecified atom stereocenters. The van der Waals surface area contributed by atoms with E-state index in [4.69, 9.17) is 0 Å². The molecule has 0 aliphatic rings. The van der Waals surface area contributed by atoms with Gasteiger partial charge in [0.05, 0.1) is 0 Å². The van der Waals surface area contributed by atoms with Crippen molar-refractivity contribution in [1.29, 1.82) is 0 Å². The average molecular weight is 490 g/mol. The monoisotopic (exact) mass is 489 g/mol. The lowest BCUT2D eigenvalue weighted by molar-refractivity contribution is -0.696. The Morgan fingerprint density at radius 1 is 0.543 bits per heavy atom. The first-order valence-corrected chi connectivity index (χ1v) is 12.7. The van der Waals surface area contributed by atoms with Crippen LogP contribution in [-0.4, -0.2) is 26.2 Å². The van der Waals surface area contributed by atoms with Crippen LogP contribution in [0.1, 0.15) is 57.1 Å². The number of anilines is 2. The number of rotatable bonds is 11. The molecule has 0 N–H and O–H groups in total. The molecule has 3 nitrogen and oxygen atoms in total. The second kappa shape index (κ2) is 14.4. The third kappa shape index (κ3) is 7.47. The Morgan fingerprint density at radius 3 is 1.23 bits per heavy atom. The molecule has 0 atom stereocenters. The van der Waals surface area contributed by atoms with E-state index in [-0.39, 0.29) is 12.4 Å². The summed E-state index contributed by atoms with van der Waals surface area (Å²) in [6.07, 6.45) is 8.83. The van der Waals surface area contributed by atoms with E-state index in [1.165, 1.54) is 33.9 Å². The average Bonchev–Trinajstić information content (AvgIpc) is 2.89. The SMILES string of the molecule is CCN(CC)c1ccc(C=Cc2cccc(C=Cc3ccc(N(CC)CC)cc3)[n+]2CC)cc1.[Cl-]. The van der Waals surface area contributed by atoms with Gasteiger partial charge in [0.25, 0.3) is 0 Å².